The highest BCUT2D eigenvalue weighted by molar-refractivity contribution is 5.97. The SMILES string of the molecule is COc1cc(C(=O)CCCN2CCN(c3ccccn3)CC2)cc(OC)c1OC.Cl.Cl. The first kappa shape index (κ1) is 26.8. The Bertz CT molecular complexity index is 791. The summed E-state index contributed by atoms with van der Waals surface area (Å²) >= 11 is 0. The molecule has 1 aromatic heterocycles. The Morgan fingerprint density at radius 3 is 2.13 bits per heavy atom. The first-order valence-electron chi connectivity index (χ1n) is 9.87. The summed E-state index contributed by atoms with van der Waals surface area (Å²) in [5, 5.41) is 0. The molecule has 0 unspecified atom stereocenters. The molecular weight excluding hydrogens is 441 g/mol. The van der Waals surface area contributed by atoms with E-state index in [4.69, 9.17) is 14.2 Å². The number of anilines is 1. The Morgan fingerprint density at radius 1 is 0.968 bits per heavy atom. The van der Waals surface area contributed by atoms with E-state index in [1.54, 1.807) is 33.5 Å². The van der Waals surface area contributed by atoms with Gasteiger partial charge in [0, 0.05) is 44.4 Å². The highest BCUT2D eigenvalue weighted by atomic mass is 35.5. The summed E-state index contributed by atoms with van der Waals surface area (Å²) in [5.74, 6) is 2.61. The van der Waals surface area contributed by atoms with Crippen molar-refractivity contribution >= 4 is 36.4 Å². The predicted octanol–water partition coefficient (Wildman–Crippen LogP) is 3.74. The number of ether oxygens (including phenoxy) is 3. The van der Waals surface area contributed by atoms with Crippen molar-refractivity contribution in [2.45, 2.75) is 12.8 Å². The molecule has 0 bridgehead atoms. The van der Waals surface area contributed by atoms with Gasteiger partial charge in [0.1, 0.15) is 5.82 Å². The minimum absolute atomic E-state index is 0. The highest BCUT2D eigenvalue weighted by Crippen LogP contribution is 2.38. The summed E-state index contributed by atoms with van der Waals surface area (Å²) in [6, 6.07) is 9.44. The smallest absolute Gasteiger partial charge is 0.203 e. The molecule has 0 radical (unpaired) electrons. The molecule has 2 aromatic rings. The van der Waals surface area contributed by atoms with E-state index in [1.807, 2.05) is 24.4 Å². The molecule has 1 aromatic carbocycles. The Labute approximate surface area is 196 Å². The molecule has 172 valence electrons. The maximum atomic E-state index is 12.7. The summed E-state index contributed by atoms with van der Waals surface area (Å²) in [4.78, 5) is 21.8. The molecule has 0 aliphatic carbocycles. The molecule has 0 atom stereocenters. The van der Waals surface area contributed by atoms with Gasteiger partial charge < -0.3 is 19.1 Å². The van der Waals surface area contributed by atoms with Crippen molar-refractivity contribution in [3.8, 4) is 17.2 Å². The normalized spacial score (nSPS) is 13.6. The first-order valence-corrected chi connectivity index (χ1v) is 9.87. The average molecular weight is 472 g/mol. The van der Waals surface area contributed by atoms with Crippen molar-refractivity contribution in [2.75, 3.05) is 59.0 Å². The van der Waals surface area contributed by atoms with E-state index >= 15 is 0 Å². The molecule has 0 spiro atoms. The lowest BCUT2D eigenvalue weighted by Gasteiger charge is -2.35. The van der Waals surface area contributed by atoms with Crippen molar-refractivity contribution in [1.29, 1.82) is 0 Å². The number of aromatic nitrogens is 1. The molecular formula is C22H31Cl2N3O4. The zero-order valence-electron chi connectivity index (χ0n) is 18.2. The van der Waals surface area contributed by atoms with Crippen LogP contribution in [0.2, 0.25) is 0 Å². The standard InChI is InChI=1S/C22H29N3O4.2ClH/c1-27-19-15-17(16-20(28-2)22(19)29-3)18(26)7-6-10-24-11-13-25(14-12-24)21-8-4-5-9-23-21;;/h4-5,8-9,15-16H,6-7,10-14H2,1-3H3;2*1H. The van der Waals surface area contributed by atoms with Gasteiger partial charge in [-0.3, -0.25) is 9.69 Å². The van der Waals surface area contributed by atoms with Crippen molar-refractivity contribution in [3.05, 3.63) is 42.1 Å². The Kier molecular flexibility index (Phi) is 11.5. The number of hydrogen-bond acceptors (Lipinski definition) is 7. The summed E-state index contributed by atoms with van der Waals surface area (Å²) < 4.78 is 16.0. The van der Waals surface area contributed by atoms with Gasteiger partial charge in [0.15, 0.2) is 17.3 Å². The third-order valence-corrected chi connectivity index (χ3v) is 5.21. The van der Waals surface area contributed by atoms with Gasteiger partial charge in [-0.15, -0.1) is 24.8 Å². The van der Waals surface area contributed by atoms with Gasteiger partial charge in [0.05, 0.1) is 21.3 Å². The van der Waals surface area contributed by atoms with Crippen LogP contribution in [0.15, 0.2) is 36.5 Å². The quantitative estimate of drug-likeness (QED) is 0.516. The van der Waals surface area contributed by atoms with Crippen LogP contribution in [0, 0.1) is 0 Å². The topological polar surface area (TPSA) is 64.1 Å². The predicted molar refractivity (Wildman–Crippen MR) is 127 cm³/mol. The molecule has 7 nitrogen and oxygen atoms in total. The molecule has 3 rings (SSSR count). The number of benzene rings is 1. The Balaban J connectivity index is 0.00000240. The van der Waals surface area contributed by atoms with Gasteiger partial charge in [0.2, 0.25) is 5.75 Å². The molecule has 31 heavy (non-hydrogen) atoms. The molecule has 1 saturated heterocycles. The zero-order valence-corrected chi connectivity index (χ0v) is 19.8. The number of nitrogens with zero attached hydrogens (tertiary/aromatic N) is 3. The molecule has 0 amide bonds. The van der Waals surface area contributed by atoms with Crippen molar-refractivity contribution in [1.82, 2.24) is 9.88 Å². The number of piperazine rings is 1. The van der Waals surface area contributed by atoms with Crippen LogP contribution >= 0.6 is 24.8 Å². The van der Waals surface area contributed by atoms with Gasteiger partial charge in [-0.05, 0) is 37.2 Å². The number of pyridine rings is 1. The second-order valence-electron chi connectivity index (χ2n) is 6.96. The van der Waals surface area contributed by atoms with Gasteiger partial charge in [-0.25, -0.2) is 4.98 Å². The zero-order chi connectivity index (χ0) is 20.6. The van der Waals surface area contributed by atoms with Crippen molar-refractivity contribution in [3.63, 3.8) is 0 Å². The number of methoxy groups -OCH3 is 3. The second-order valence-corrected chi connectivity index (χ2v) is 6.96. The molecule has 0 N–H and O–H groups in total. The van der Waals surface area contributed by atoms with E-state index in [0.29, 0.717) is 29.2 Å². The second kappa shape index (κ2) is 13.2. The molecule has 0 saturated carbocycles. The van der Waals surface area contributed by atoms with Crippen LogP contribution in [0.4, 0.5) is 5.82 Å². The third kappa shape index (κ3) is 6.89. The van der Waals surface area contributed by atoms with Crippen LogP contribution in [-0.4, -0.2) is 69.7 Å². The van der Waals surface area contributed by atoms with E-state index in [2.05, 4.69) is 14.8 Å². The molecule has 1 fully saturated rings. The fourth-order valence-electron chi connectivity index (χ4n) is 3.59. The number of carbonyl (C=O) groups excluding carboxylic acids is 1. The molecule has 9 heteroatoms. The van der Waals surface area contributed by atoms with E-state index in [9.17, 15) is 4.79 Å². The lowest BCUT2D eigenvalue weighted by atomic mass is 10.0. The Hall–Kier alpha value is -2.22. The van der Waals surface area contributed by atoms with E-state index in [-0.39, 0.29) is 30.6 Å². The van der Waals surface area contributed by atoms with E-state index in [0.717, 1.165) is 45.0 Å². The largest absolute Gasteiger partial charge is 0.493 e. The van der Waals surface area contributed by atoms with Crippen molar-refractivity contribution < 1.29 is 19.0 Å². The summed E-state index contributed by atoms with van der Waals surface area (Å²) in [5.41, 5.74) is 0.583. The monoisotopic (exact) mass is 471 g/mol. The molecule has 2 heterocycles. The van der Waals surface area contributed by atoms with E-state index in [1.165, 1.54) is 0 Å². The lowest BCUT2D eigenvalue weighted by molar-refractivity contribution is 0.0973. The van der Waals surface area contributed by atoms with Crippen LogP contribution in [0.5, 0.6) is 17.2 Å². The number of carbonyl (C=O) groups is 1. The minimum Gasteiger partial charge on any atom is -0.493 e. The van der Waals surface area contributed by atoms with Crippen LogP contribution in [0.1, 0.15) is 23.2 Å². The van der Waals surface area contributed by atoms with Gasteiger partial charge in [-0.1, -0.05) is 6.07 Å². The average Bonchev–Trinajstić information content (AvgIpc) is 2.78. The minimum atomic E-state index is 0. The fraction of sp³-hybridized carbons (Fsp3) is 0.455. The van der Waals surface area contributed by atoms with E-state index < -0.39 is 0 Å². The van der Waals surface area contributed by atoms with Gasteiger partial charge in [-0.2, -0.15) is 0 Å². The number of Topliss-reactive ketones (excluding diaryl/α,β-unsaturated/α-hetero) is 1. The number of ketones is 1. The molecule has 1 aliphatic heterocycles. The maximum absolute atomic E-state index is 12.7. The number of hydrogen-bond donors (Lipinski definition) is 0. The summed E-state index contributed by atoms with van der Waals surface area (Å²) in [6.07, 6.45) is 3.13. The van der Waals surface area contributed by atoms with Crippen LogP contribution in [-0.2, 0) is 0 Å². The third-order valence-electron chi connectivity index (χ3n) is 5.21. The maximum Gasteiger partial charge on any atom is 0.203 e. The highest BCUT2D eigenvalue weighted by Gasteiger charge is 2.19. The molecule has 1 aliphatic rings. The van der Waals surface area contributed by atoms with Gasteiger partial charge in [0.25, 0.3) is 0 Å². The van der Waals surface area contributed by atoms with Gasteiger partial charge >= 0.3 is 0 Å². The number of rotatable bonds is 9. The summed E-state index contributed by atoms with van der Waals surface area (Å²) in [7, 11) is 4.65. The first-order chi connectivity index (χ1) is 14.2. The summed E-state index contributed by atoms with van der Waals surface area (Å²) in [6.45, 7) is 4.78. The number of halogens is 2. The van der Waals surface area contributed by atoms with Crippen LogP contribution < -0.4 is 19.1 Å². The Morgan fingerprint density at radius 2 is 1.61 bits per heavy atom. The fourth-order valence-corrected chi connectivity index (χ4v) is 3.59. The van der Waals surface area contributed by atoms with Crippen LogP contribution in [0.25, 0.3) is 0 Å². The van der Waals surface area contributed by atoms with Crippen molar-refractivity contribution in [2.24, 2.45) is 0 Å². The van der Waals surface area contributed by atoms with Crippen LogP contribution in [0.3, 0.4) is 0 Å². The lowest BCUT2D eigenvalue weighted by Crippen LogP contribution is -2.46.